The van der Waals surface area contributed by atoms with Crippen molar-refractivity contribution in [1.82, 2.24) is 14.9 Å². The van der Waals surface area contributed by atoms with Crippen LogP contribution in [0.25, 0.3) is 0 Å². The fourth-order valence-corrected chi connectivity index (χ4v) is 3.29. The molecule has 128 valence electrons. The number of hydrogen-bond acceptors (Lipinski definition) is 4. The highest BCUT2D eigenvalue weighted by Gasteiger charge is 2.31. The number of aryl methyl sites for hydroxylation is 1. The van der Waals surface area contributed by atoms with Crippen LogP contribution in [-0.4, -0.2) is 33.1 Å². The highest BCUT2D eigenvalue weighted by atomic mass is 19.1. The van der Waals surface area contributed by atoms with E-state index in [0.29, 0.717) is 12.8 Å². The number of aliphatic hydroxyl groups is 1. The number of halogens is 1. The molecule has 2 heterocycles. The molecule has 1 aromatic carbocycles. The van der Waals surface area contributed by atoms with Gasteiger partial charge < -0.3 is 5.11 Å². The van der Waals surface area contributed by atoms with E-state index in [0.717, 1.165) is 49.4 Å². The summed E-state index contributed by atoms with van der Waals surface area (Å²) in [6.45, 7) is 4.56. The van der Waals surface area contributed by atoms with Crippen LogP contribution in [0.15, 0.2) is 36.7 Å². The molecule has 24 heavy (non-hydrogen) atoms. The van der Waals surface area contributed by atoms with E-state index in [1.807, 2.05) is 19.3 Å². The molecule has 1 aromatic heterocycles. The van der Waals surface area contributed by atoms with Gasteiger partial charge in [-0.15, -0.1) is 0 Å². The predicted molar refractivity (Wildman–Crippen MR) is 90.8 cm³/mol. The second-order valence-corrected chi connectivity index (χ2v) is 6.53. The number of nitrogens with zero attached hydrogens (tertiary/aromatic N) is 3. The lowest BCUT2D eigenvalue weighted by atomic mass is 9.87. The van der Waals surface area contributed by atoms with Gasteiger partial charge in [-0.05, 0) is 43.5 Å². The van der Waals surface area contributed by atoms with E-state index in [1.165, 1.54) is 12.1 Å². The lowest BCUT2D eigenvalue weighted by Crippen LogP contribution is -2.29. The van der Waals surface area contributed by atoms with E-state index in [1.54, 1.807) is 12.1 Å². The van der Waals surface area contributed by atoms with Crippen LogP contribution in [0.2, 0.25) is 0 Å². The Labute approximate surface area is 142 Å². The van der Waals surface area contributed by atoms with Gasteiger partial charge in [-0.2, -0.15) is 0 Å². The fourth-order valence-electron chi connectivity index (χ4n) is 3.29. The molecule has 1 aliphatic rings. The average molecular weight is 329 g/mol. The molecule has 3 rings (SSSR count). The van der Waals surface area contributed by atoms with Gasteiger partial charge >= 0.3 is 0 Å². The zero-order valence-corrected chi connectivity index (χ0v) is 14.1. The molecule has 0 bridgehead atoms. The molecule has 0 saturated carbocycles. The zero-order chi connectivity index (χ0) is 17.0. The monoisotopic (exact) mass is 329 g/mol. The molecule has 5 heteroatoms. The Bertz CT molecular complexity index is 659. The van der Waals surface area contributed by atoms with Gasteiger partial charge in [0.2, 0.25) is 0 Å². The minimum absolute atomic E-state index is 0.270. The van der Waals surface area contributed by atoms with Crippen molar-refractivity contribution >= 4 is 0 Å². The van der Waals surface area contributed by atoms with Gasteiger partial charge in [-0.25, -0.2) is 14.4 Å². The first-order valence-corrected chi connectivity index (χ1v) is 8.59. The summed E-state index contributed by atoms with van der Waals surface area (Å²) < 4.78 is 13.1. The van der Waals surface area contributed by atoms with Crippen molar-refractivity contribution in [3.05, 3.63) is 59.4 Å². The molecule has 1 fully saturated rings. The summed E-state index contributed by atoms with van der Waals surface area (Å²) in [4.78, 5) is 11.0. The molecule has 2 aromatic rings. The molecule has 1 aliphatic heterocycles. The molecular weight excluding hydrogens is 305 g/mol. The molecule has 0 spiro atoms. The van der Waals surface area contributed by atoms with Gasteiger partial charge in [0.05, 0.1) is 5.60 Å². The fraction of sp³-hybridized carbons (Fsp3) is 0.474. The first-order valence-electron chi connectivity index (χ1n) is 8.59. The van der Waals surface area contributed by atoms with Gasteiger partial charge in [-0.1, -0.05) is 19.1 Å². The van der Waals surface area contributed by atoms with Crippen molar-refractivity contribution in [2.24, 2.45) is 0 Å². The maximum Gasteiger partial charge on any atom is 0.127 e. The van der Waals surface area contributed by atoms with E-state index in [2.05, 4.69) is 14.9 Å². The quantitative estimate of drug-likeness (QED) is 0.937. The number of rotatable bonds is 4. The van der Waals surface area contributed by atoms with Crippen molar-refractivity contribution in [1.29, 1.82) is 0 Å². The largest absolute Gasteiger partial charge is 0.385 e. The Morgan fingerprint density at radius 3 is 2.50 bits per heavy atom. The van der Waals surface area contributed by atoms with Crippen LogP contribution in [0.1, 0.15) is 43.1 Å². The number of benzene rings is 1. The summed E-state index contributed by atoms with van der Waals surface area (Å²) in [6, 6.07) is 6.23. The normalized spacial score (nSPS) is 22.3. The second kappa shape index (κ2) is 7.36. The van der Waals surface area contributed by atoms with Crippen LogP contribution in [0.3, 0.4) is 0 Å². The Kier molecular flexibility index (Phi) is 5.21. The summed E-state index contributed by atoms with van der Waals surface area (Å²) in [5.41, 5.74) is 1.03. The van der Waals surface area contributed by atoms with Crippen LogP contribution in [0, 0.1) is 5.82 Å². The summed E-state index contributed by atoms with van der Waals surface area (Å²) in [7, 11) is 0. The number of hydrogen-bond donors (Lipinski definition) is 1. The van der Waals surface area contributed by atoms with Gasteiger partial charge in [0, 0.05) is 37.5 Å². The van der Waals surface area contributed by atoms with Crippen LogP contribution in [-0.2, 0) is 18.6 Å². The summed E-state index contributed by atoms with van der Waals surface area (Å²) >= 11 is 0. The average Bonchev–Trinajstić information content (AvgIpc) is 2.79. The Morgan fingerprint density at radius 2 is 1.83 bits per heavy atom. The van der Waals surface area contributed by atoms with E-state index >= 15 is 0 Å². The lowest BCUT2D eigenvalue weighted by Gasteiger charge is -2.27. The standard InChI is InChI=1S/C19H24FN3O/c1-2-18-21-12-15(13-22-18)14-23-10-3-8-19(24,9-11-23)16-4-6-17(20)7-5-16/h4-7,12-13,24H,2-3,8-11,14H2,1H3. The van der Waals surface area contributed by atoms with Crippen molar-refractivity contribution in [3.8, 4) is 0 Å². The molecule has 0 aliphatic carbocycles. The summed E-state index contributed by atoms with van der Waals surface area (Å²) in [6.07, 6.45) is 6.87. The molecule has 0 radical (unpaired) electrons. The maximum atomic E-state index is 13.1. The highest BCUT2D eigenvalue weighted by molar-refractivity contribution is 5.23. The smallest absolute Gasteiger partial charge is 0.127 e. The topological polar surface area (TPSA) is 49.2 Å². The molecular formula is C19H24FN3O. The molecule has 1 atom stereocenters. The number of aromatic nitrogens is 2. The number of likely N-dealkylation sites (tertiary alicyclic amines) is 1. The lowest BCUT2D eigenvalue weighted by molar-refractivity contribution is 0.0209. The molecule has 1 saturated heterocycles. The van der Waals surface area contributed by atoms with Crippen molar-refractivity contribution in [2.45, 2.75) is 44.8 Å². The third kappa shape index (κ3) is 3.97. The second-order valence-electron chi connectivity index (χ2n) is 6.53. The van der Waals surface area contributed by atoms with Crippen molar-refractivity contribution in [3.63, 3.8) is 0 Å². The maximum absolute atomic E-state index is 13.1. The first-order chi connectivity index (χ1) is 11.6. The van der Waals surface area contributed by atoms with Crippen LogP contribution >= 0.6 is 0 Å². The Morgan fingerprint density at radius 1 is 1.12 bits per heavy atom. The van der Waals surface area contributed by atoms with E-state index < -0.39 is 5.60 Å². The van der Waals surface area contributed by atoms with E-state index in [4.69, 9.17) is 0 Å². The minimum Gasteiger partial charge on any atom is -0.385 e. The van der Waals surface area contributed by atoms with Gasteiger partial charge in [0.25, 0.3) is 0 Å². The third-order valence-corrected chi connectivity index (χ3v) is 4.77. The van der Waals surface area contributed by atoms with Crippen LogP contribution in [0.4, 0.5) is 4.39 Å². The Balaban J connectivity index is 1.64. The summed E-state index contributed by atoms with van der Waals surface area (Å²) in [5, 5.41) is 11.0. The van der Waals surface area contributed by atoms with Gasteiger partial charge in [0.1, 0.15) is 11.6 Å². The molecule has 0 amide bonds. The highest BCUT2D eigenvalue weighted by Crippen LogP contribution is 2.33. The van der Waals surface area contributed by atoms with Crippen molar-refractivity contribution < 1.29 is 9.50 Å². The minimum atomic E-state index is -0.870. The molecule has 1 unspecified atom stereocenters. The molecule has 4 nitrogen and oxygen atoms in total. The summed E-state index contributed by atoms with van der Waals surface area (Å²) in [5.74, 6) is 0.591. The zero-order valence-electron chi connectivity index (χ0n) is 14.1. The predicted octanol–water partition coefficient (Wildman–Crippen LogP) is 3.05. The van der Waals surface area contributed by atoms with E-state index in [-0.39, 0.29) is 5.82 Å². The van der Waals surface area contributed by atoms with Gasteiger partial charge in [-0.3, -0.25) is 4.90 Å². The third-order valence-electron chi connectivity index (χ3n) is 4.77. The first kappa shape index (κ1) is 17.0. The van der Waals surface area contributed by atoms with Crippen molar-refractivity contribution in [2.75, 3.05) is 13.1 Å². The Hall–Kier alpha value is -1.85. The van der Waals surface area contributed by atoms with E-state index in [9.17, 15) is 9.50 Å². The molecule has 1 N–H and O–H groups in total. The van der Waals surface area contributed by atoms with Crippen LogP contribution in [0.5, 0.6) is 0 Å². The SMILES string of the molecule is CCc1ncc(CN2CCCC(O)(c3ccc(F)cc3)CC2)cn1. The van der Waals surface area contributed by atoms with Crippen LogP contribution < -0.4 is 0 Å². The van der Waals surface area contributed by atoms with Gasteiger partial charge in [0.15, 0.2) is 0 Å².